The minimum absolute atomic E-state index is 0.0167. The number of para-hydroxylation sites is 1. The molecule has 24 heavy (non-hydrogen) atoms. The summed E-state index contributed by atoms with van der Waals surface area (Å²) in [6.45, 7) is 3.69. The molecular weight excluding hydrogens is 304 g/mol. The van der Waals surface area contributed by atoms with E-state index in [-0.39, 0.29) is 18.0 Å². The molecule has 2 aromatic rings. The largest absolute Gasteiger partial charge is 0.339 e. The molecule has 1 aliphatic rings. The van der Waals surface area contributed by atoms with Crippen LogP contribution in [-0.4, -0.2) is 58.5 Å². The van der Waals surface area contributed by atoms with Gasteiger partial charge in [-0.15, -0.1) is 0 Å². The van der Waals surface area contributed by atoms with E-state index in [1.165, 1.54) is 10.9 Å². The van der Waals surface area contributed by atoms with Crippen molar-refractivity contribution in [1.82, 2.24) is 19.4 Å². The Morgan fingerprint density at radius 1 is 1.29 bits per heavy atom. The lowest BCUT2D eigenvalue weighted by atomic mass is 10.0. The van der Waals surface area contributed by atoms with Crippen molar-refractivity contribution in [3.8, 4) is 0 Å². The third-order valence-electron chi connectivity index (χ3n) is 4.98. The van der Waals surface area contributed by atoms with Crippen molar-refractivity contribution < 1.29 is 4.79 Å². The predicted octanol–water partition coefficient (Wildman–Crippen LogP) is 1.20. The molecule has 3 rings (SSSR count). The Balaban J connectivity index is 1.78. The fourth-order valence-electron chi connectivity index (χ4n) is 3.51. The van der Waals surface area contributed by atoms with Crippen LogP contribution in [0.5, 0.6) is 0 Å². The minimum Gasteiger partial charge on any atom is -0.339 e. The standard InChI is InChI=1S/C18H24N4O2/c1-4-13-9-21(10-16(13)20(2)3)17(23)11-22-12-19-15-8-6-5-7-14(15)18(22)24/h5-8,12-13,16H,4,9-11H2,1-3H3/t13-,16-/m0/s1. The molecule has 1 amide bonds. The Morgan fingerprint density at radius 2 is 2.04 bits per heavy atom. The molecule has 0 saturated carbocycles. The van der Waals surface area contributed by atoms with E-state index >= 15 is 0 Å². The average Bonchev–Trinajstić information content (AvgIpc) is 3.02. The quantitative estimate of drug-likeness (QED) is 0.846. The van der Waals surface area contributed by atoms with Crippen LogP contribution < -0.4 is 5.56 Å². The highest BCUT2D eigenvalue weighted by molar-refractivity contribution is 5.79. The van der Waals surface area contributed by atoms with E-state index in [0.717, 1.165) is 19.5 Å². The fraction of sp³-hybridized carbons (Fsp3) is 0.500. The second kappa shape index (κ2) is 6.73. The zero-order valence-electron chi connectivity index (χ0n) is 14.5. The first kappa shape index (κ1) is 16.6. The molecule has 2 atom stereocenters. The van der Waals surface area contributed by atoms with Gasteiger partial charge in [0.15, 0.2) is 0 Å². The van der Waals surface area contributed by atoms with Gasteiger partial charge in [0, 0.05) is 19.1 Å². The average molecular weight is 328 g/mol. The van der Waals surface area contributed by atoms with E-state index < -0.39 is 0 Å². The van der Waals surface area contributed by atoms with E-state index in [1.54, 1.807) is 12.1 Å². The summed E-state index contributed by atoms with van der Waals surface area (Å²) < 4.78 is 1.41. The van der Waals surface area contributed by atoms with Crippen LogP contribution in [0.1, 0.15) is 13.3 Å². The number of rotatable bonds is 4. The molecule has 1 aromatic heterocycles. The lowest BCUT2D eigenvalue weighted by Crippen LogP contribution is -2.38. The van der Waals surface area contributed by atoms with Gasteiger partial charge in [-0.1, -0.05) is 25.5 Å². The highest BCUT2D eigenvalue weighted by atomic mass is 16.2. The Hall–Kier alpha value is -2.21. The molecule has 0 spiro atoms. The molecule has 0 N–H and O–H groups in total. The van der Waals surface area contributed by atoms with Crippen LogP contribution in [-0.2, 0) is 11.3 Å². The molecule has 1 fully saturated rings. The lowest BCUT2D eigenvalue weighted by Gasteiger charge is -2.23. The zero-order chi connectivity index (χ0) is 17.3. The van der Waals surface area contributed by atoms with Crippen LogP contribution in [0.25, 0.3) is 10.9 Å². The first-order valence-corrected chi connectivity index (χ1v) is 8.39. The van der Waals surface area contributed by atoms with Gasteiger partial charge in [0.25, 0.3) is 5.56 Å². The molecule has 1 aliphatic heterocycles. The topological polar surface area (TPSA) is 58.4 Å². The second-order valence-electron chi connectivity index (χ2n) is 6.69. The number of aromatic nitrogens is 2. The number of fused-ring (bicyclic) bond motifs is 1. The highest BCUT2D eigenvalue weighted by Crippen LogP contribution is 2.23. The second-order valence-corrected chi connectivity index (χ2v) is 6.69. The van der Waals surface area contributed by atoms with Crippen LogP contribution in [0.4, 0.5) is 0 Å². The highest BCUT2D eigenvalue weighted by Gasteiger charge is 2.35. The van der Waals surface area contributed by atoms with E-state index in [0.29, 0.717) is 22.9 Å². The van der Waals surface area contributed by atoms with E-state index in [9.17, 15) is 9.59 Å². The van der Waals surface area contributed by atoms with Crippen molar-refractivity contribution in [2.24, 2.45) is 5.92 Å². The SMILES string of the molecule is CC[C@H]1CN(C(=O)Cn2cnc3ccccc3c2=O)C[C@@H]1N(C)C. The Morgan fingerprint density at radius 3 is 2.71 bits per heavy atom. The number of nitrogens with zero attached hydrogens (tertiary/aromatic N) is 4. The van der Waals surface area contributed by atoms with Crippen LogP contribution in [0.15, 0.2) is 35.4 Å². The first-order valence-electron chi connectivity index (χ1n) is 8.39. The first-order chi connectivity index (χ1) is 11.5. The summed E-state index contributed by atoms with van der Waals surface area (Å²) in [7, 11) is 4.11. The predicted molar refractivity (Wildman–Crippen MR) is 93.8 cm³/mol. The molecule has 128 valence electrons. The Bertz CT molecular complexity index is 799. The van der Waals surface area contributed by atoms with Gasteiger partial charge in [0.2, 0.25) is 5.91 Å². The van der Waals surface area contributed by atoms with Crippen LogP contribution in [0.2, 0.25) is 0 Å². The maximum atomic E-state index is 12.7. The van der Waals surface area contributed by atoms with Gasteiger partial charge in [0.1, 0.15) is 6.54 Å². The van der Waals surface area contributed by atoms with E-state index in [2.05, 4.69) is 30.9 Å². The molecule has 6 nitrogen and oxygen atoms in total. The van der Waals surface area contributed by atoms with E-state index in [4.69, 9.17) is 0 Å². The van der Waals surface area contributed by atoms with Gasteiger partial charge in [-0.3, -0.25) is 14.2 Å². The summed E-state index contributed by atoms with van der Waals surface area (Å²) in [5, 5.41) is 0.548. The van der Waals surface area contributed by atoms with Gasteiger partial charge < -0.3 is 9.80 Å². The monoisotopic (exact) mass is 328 g/mol. The van der Waals surface area contributed by atoms with Gasteiger partial charge in [-0.05, 0) is 32.1 Å². The number of benzene rings is 1. The normalized spacial score (nSPS) is 20.9. The molecule has 0 aliphatic carbocycles. The van der Waals surface area contributed by atoms with Crippen LogP contribution >= 0.6 is 0 Å². The number of likely N-dealkylation sites (tertiary alicyclic amines) is 1. The van der Waals surface area contributed by atoms with Crippen molar-refractivity contribution in [3.63, 3.8) is 0 Å². The number of likely N-dealkylation sites (N-methyl/N-ethyl adjacent to an activating group) is 1. The number of carbonyl (C=O) groups is 1. The van der Waals surface area contributed by atoms with Crippen molar-refractivity contribution in [2.75, 3.05) is 27.2 Å². The Kier molecular flexibility index (Phi) is 4.66. The third kappa shape index (κ3) is 3.06. The number of carbonyl (C=O) groups excluding carboxylic acids is 1. The number of hydrogen-bond donors (Lipinski definition) is 0. The van der Waals surface area contributed by atoms with Gasteiger partial charge in [-0.25, -0.2) is 4.98 Å². The fourth-order valence-corrected chi connectivity index (χ4v) is 3.51. The summed E-state index contributed by atoms with van der Waals surface area (Å²) in [4.78, 5) is 33.5. The molecule has 0 unspecified atom stereocenters. The lowest BCUT2D eigenvalue weighted by molar-refractivity contribution is -0.131. The molecule has 1 aromatic carbocycles. The molecule has 6 heteroatoms. The maximum absolute atomic E-state index is 12.7. The summed E-state index contributed by atoms with van der Waals surface area (Å²) >= 11 is 0. The van der Waals surface area contributed by atoms with Crippen LogP contribution in [0.3, 0.4) is 0 Å². The van der Waals surface area contributed by atoms with Gasteiger partial charge >= 0.3 is 0 Å². The van der Waals surface area contributed by atoms with Crippen molar-refractivity contribution in [1.29, 1.82) is 0 Å². The van der Waals surface area contributed by atoms with Crippen molar-refractivity contribution in [2.45, 2.75) is 25.9 Å². The molecule has 0 radical (unpaired) electrons. The van der Waals surface area contributed by atoms with E-state index in [1.807, 2.05) is 17.0 Å². The summed E-state index contributed by atoms with van der Waals surface area (Å²) in [5.74, 6) is 0.465. The molecule has 1 saturated heterocycles. The Labute approximate surface area is 141 Å². The zero-order valence-corrected chi connectivity index (χ0v) is 14.5. The number of hydrogen-bond acceptors (Lipinski definition) is 4. The minimum atomic E-state index is -0.163. The summed E-state index contributed by atoms with van der Waals surface area (Å²) in [5.41, 5.74) is 0.496. The number of amides is 1. The van der Waals surface area contributed by atoms with Gasteiger partial charge in [-0.2, -0.15) is 0 Å². The van der Waals surface area contributed by atoms with Crippen molar-refractivity contribution in [3.05, 3.63) is 40.9 Å². The summed E-state index contributed by atoms with van der Waals surface area (Å²) in [6.07, 6.45) is 2.52. The third-order valence-corrected chi connectivity index (χ3v) is 4.98. The summed E-state index contributed by atoms with van der Waals surface area (Å²) in [6, 6.07) is 7.59. The maximum Gasteiger partial charge on any atom is 0.261 e. The smallest absolute Gasteiger partial charge is 0.261 e. The van der Waals surface area contributed by atoms with Gasteiger partial charge in [0.05, 0.1) is 17.2 Å². The molecule has 0 bridgehead atoms. The van der Waals surface area contributed by atoms with Crippen molar-refractivity contribution >= 4 is 16.8 Å². The molecule has 2 heterocycles. The molecular formula is C18H24N4O2. The van der Waals surface area contributed by atoms with Crippen LogP contribution in [0, 0.1) is 5.92 Å².